The van der Waals surface area contributed by atoms with Gasteiger partial charge < -0.3 is 10.2 Å². The first-order chi connectivity index (χ1) is 14.3. The molecule has 2 fully saturated rings. The Labute approximate surface area is 177 Å². The highest BCUT2D eigenvalue weighted by molar-refractivity contribution is 7.99. The second-order valence-corrected chi connectivity index (χ2v) is 8.91. The van der Waals surface area contributed by atoms with E-state index in [1.807, 2.05) is 0 Å². The predicted octanol–water partition coefficient (Wildman–Crippen LogP) is 4.60. The molecule has 1 aromatic carbocycles. The number of carbonyl (C=O) groups excluding carboxylic acids is 1. The van der Waals surface area contributed by atoms with Crippen molar-refractivity contribution >= 4 is 29.3 Å². The Balaban J connectivity index is 1.37. The topological polar surface area (TPSA) is 63.1 Å². The van der Waals surface area contributed by atoms with Gasteiger partial charge in [0.15, 0.2) is 5.16 Å². The maximum Gasteiger partial charge on any atom is 0.416 e. The number of alkyl halides is 3. The highest BCUT2D eigenvalue weighted by Crippen LogP contribution is 2.41. The summed E-state index contributed by atoms with van der Waals surface area (Å²) in [6.07, 6.45) is 0.0433. The number of hydrogen-bond acceptors (Lipinski definition) is 5. The molecule has 1 saturated carbocycles. The number of thioether (sulfide) groups is 1. The Bertz CT molecular complexity index is 887. The van der Waals surface area contributed by atoms with Crippen molar-refractivity contribution in [1.29, 1.82) is 0 Å². The maximum atomic E-state index is 12.6. The molecule has 30 heavy (non-hydrogen) atoms. The van der Waals surface area contributed by atoms with Crippen molar-refractivity contribution in [2.45, 2.75) is 50.0 Å². The van der Waals surface area contributed by atoms with E-state index in [0.29, 0.717) is 16.9 Å². The third-order valence-corrected chi connectivity index (χ3v) is 6.40. The lowest BCUT2D eigenvalue weighted by Gasteiger charge is -2.31. The summed E-state index contributed by atoms with van der Waals surface area (Å²) < 4.78 is 40.1. The summed E-state index contributed by atoms with van der Waals surface area (Å²) in [6.45, 7) is 4.19. The van der Waals surface area contributed by atoms with E-state index in [2.05, 4.69) is 31.9 Å². The molecule has 0 unspecified atom stereocenters. The lowest BCUT2D eigenvalue weighted by molar-refractivity contribution is -0.137. The normalized spacial score (nSPS) is 17.9. The van der Waals surface area contributed by atoms with Gasteiger partial charge in [0, 0.05) is 24.8 Å². The van der Waals surface area contributed by atoms with E-state index >= 15 is 0 Å². The zero-order valence-electron chi connectivity index (χ0n) is 16.7. The zero-order valence-corrected chi connectivity index (χ0v) is 17.5. The van der Waals surface area contributed by atoms with E-state index in [4.69, 9.17) is 0 Å². The molecule has 6 nitrogen and oxygen atoms in total. The standard InChI is InChI=1S/C20H24F3N5OS/c1-13-8-10-27(11-9-13)18-25-26-19(28(18)16-6-7-16)30-12-17(29)24-15-4-2-14(3-5-15)20(21,22)23/h2-5,13,16H,6-12H2,1H3,(H,24,29). The van der Waals surface area contributed by atoms with Crippen LogP contribution in [0.25, 0.3) is 0 Å². The smallest absolute Gasteiger partial charge is 0.341 e. The number of nitrogens with one attached hydrogen (secondary N) is 1. The molecule has 0 bridgehead atoms. The van der Waals surface area contributed by atoms with Crippen LogP contribution in [0.3, 0.4) is 0 Å². The molecule has 2 aliphatic rings. The van der Waals surface area contributed by atoms with E-state index in [9.17, 15) is 18.0 Å². The molecule has 1 N–H and O–H groups in total. The number of rotatable bonds is 6. The molecule has 1 amide bonds. The molecule has 1 aromatic heterocycles. The second kappa shape index (κ2) is 8.49. The summed E-state index contributed by atoms with van der Waals surface area (Å²) in [6, 6.07) is 4.81. The molecule has 1 aliphatic heterocycles. The fraction of sp³-hybridized carbons (Fsp3) is 0.550. The van der Waals surface area contributed by atoms with Crippen LogP contribution in [0, 0.1) is 5.92 Å². The van der Waals surface area contributed by atoms with Crippen molar-refractivity contribution in [1.82, 2.24) is 14.8 Å². The van der Waals surface area contributed by atoms with Crippen LogP contribution in [0.15, 0.2) is 29.4 Å². The first-order valence-corrected chi connectivity index (χ1v) is 11.1. The first-order valence-electron chi connectivity index (χ1n) is 10.1. The quantitative estimate of drug-likeness (QED) is 0.667. The van der Waals surface area contributed by atoms with Gasteiger partial charge in [-0.25, -0.2) is 0 Å². The molecular formula is C20H24F3N5OS. The largest absolute Gasteiger partial charge is 0.416 e. The highest BCUT2D eigenvalue weighted by atomic mass is 32.2. The molecule has 162 valence electrons. The maximum absolute atomic E-state index is 12.6. The minimum absolute atomic E-state index is 0.114. The molecule has 1 saturated heterocycles. The minimum Gasteiger partial charge on any atom is -0.341 e. The summed E-state index contributed by atoms with van der Waals surface area (Å²) in [7, 11) is 0. The van der Waals surface area contributed by atoms with Crippen LogP contribution in [0.4, 0.5) is 24.8 Å². The number of carbonyl (C=O) groups is 1. The molecule has 0 spiro atoms. The van der Waals surface area contributed by atoms with Crippen molar-refractivity contribution in [3.05, 3.63) is 29.8 Å². The van der Waals surface area contributed by atoms with Gasteiger partial charge in [0.25, 0.3) is 0 Å². The number of halogens is 3. The fourth-order valence-electron chi connectivity index (χ4n) is 3.51. The number of amides is 1. The molecule has 2 aromatic rings. The van der Waals surface area contributed by atoms with Crippen molar-refractivity contribution in [3.8, 4) is 0 Å². The fourth-order valence-corrected chi connectivity index (χ4v) is 4.31. The van der Waals surface area contributed by atoms with Crippen LogP contribution in [0.2, 0.25) is 0 Å². The third kappa shape index (κ3) is 4.91. The second-order valence-electron chi connectivity index (χ2n) is 7.97. The number of nitrogens with zero attached hydrogens (tertiary/aromatic N) is 4. The van der Waals surface area contributed by atoms with Gasteiger partial charge in [-0.2, -0.15) is 13.2 Å². The van der Waals surface area contributed by atoms with Gasteiger partial charge in [0.1, 0.15) is 0 Å². The van der Waals surface area contributed by atoms with Gasteiger partial charge in [-0.1, -0.05) is 18.7 Å². The Kier molecular flexibility index (Phi) is 5.95. The van der Waals surface area contributed by atoms with Crippen molar-refractivity contribution in [2.75, 3.05) is 29.1 Å². The average Bonchev–Trinajstić information content (AvgIpc) is 3.46. The third-order valence-electron chi connectivity index (χ3n) is 5.45. The summed E-state index contributed by atoms with van der Waals surface area (Å²) >= 11 is 1.31. The molecule has 10 heteroatoms. The number of aromatic nitrogens is 3. The van der Waals surface area contributed by atoms with Crippen LogP contribution < -0.4 is 10.2 Å². The highest BCUT2D eigenvalue weighted by Gasteiger charge is 2.33. The predicted molar refractivity (Wildman–Crippen MR) is 110 cm³/mol. The first kappa shape index (κ1) is 21.0. The van der Waals surface area contributed by atoms with Crippen molar-refractivity contribution in [3.63, 3.8) is 0 Å². The van der Waals surface area contributed by atoms with Gasteiger partial charge in [0.2, 0.25) is 11.9 Å². The van der Waals surface area contributed by atoms with Gasteiger partial charge >= 0.3 is 6.18 Å². The SMILES string of the molecule is CC1CCN(c2nnc(SCC(=O)Nc3ccc(C(F)(F)F)cc3)n2C2CC2)CC1. The van der Waals surface area contributed by atoms with Gasteiger partial charge in [-0.05, 0) is 55.9 Å². The molecule has 1 aliphatic carbocycles. The van der Waals surface area contributed by atoms with E-state index < -0.39 is 11.7 Å². The van der Waals surface area contributed by atoms with E-state index in [1.165, 1.54) is 23.9 Å². The number of anilines is 2. The van der Waals surface area contributed by atoms with Crippen LogP contribution in [0.5, 0.6) is 0 Å². The number of piperidine rings is 1. The Hall–Kier alpha value is -2.23. The van der Waals surface area contributed by atoms with E-state index in [0.717, 1.165) is 62.8 Å². The van der Waals surface area contributed by atoms with Crippen molar-refractivity contribution in [2.24, 2.45) is 5.92 Å². The summed E-state index contributed by atoms with van der Waals surface area (Å²) in [5.41, 5.74) is -0.410. The Morgan fingerprint density at radius 3 is 2.40 bits per heavy atom. The van der Waals surface area contributed by atoms with Crippen LogP contribution in [-0.4, -0.2) is 39.5 Å². The molecule has 0 radical (unpaired) electrons. The Morgan fingerprint density at radius 2 is 1.80 bits per heavy atom. The summed E-state index contributed by atoms with van der Waals surface area (Å²) in [4.78, 5) is 14.6. The van der Waals surface area contributed by atoms with E-state index in [-0.39, 0.29) is 11.7 Å². The number of benzene rings is 1. The average molecular weight is 440 g/mol. The lowest BCUT2D eigenvalue weighted by atomic mass is 10.00. The molecule has 2 heterocycles. The van der Waals surface area contributed by atoms with E-state index in [1.54, 1.807) is 0 Å². The zero-order chi connectivity index (χ0) is 21.3. The summed E-state index contributed by atoms with van der Waals surface area (Å²) in [5, 5.41) is 12.1. The van der Waals surface area contributed by atoms with Gasteiger partial charge in [0.05, 0.1) is 11.3 Å². The molecule has 0 atom stereocenters. The monoisotopic (exact) mass is 439 g/mol. The summed E-state index contributed by atoms with van der Waals surface area (Å²) in [5.74, 6) is 1.43. The van der Waals surface area contributed by atoms with Crippen LogP contribution in [-0.2, 0) is 11.0 Å². The van der Waals surface area contributed by atoms with Crippen LogP contribution in [0.1, 0.15) is 44.2 Å². The van der Waals surface area contributed by atoms with Gasteiger partial charge in [-0.3, -0.25) is 9.36 Å². The minimum atomic E-state index is -4.39. The van der Waals surface area contributed by atoms with Crippen molar-refractivity contribution < 1.29 is 18.0 Å². The lowest BCUT2D eigenvalue weighted by Crippen LogP contribution is -2.34. The number of hydrogen-bond donors (Lipinski definition) is 1. The van der Waals surface area contributed by atoms with Gasteiger partial charge in [-0.15, -0.1) is 10.2 Å². The molecular weight excluding hydrogens is 415 g/mol. The Morgan fingerprint density at radius 1 is 1.13 bits per heavy atom. The van der Waals surface area contributed by atoms with Crippen LogP contribution >= 0.6 is 11.8 Å². The molecule has 4 rings (SSSR count).